The van der Waals surface area contributed by atoms with Crippen LogP contribution >= 0.6 is 0 Å². The van der Waals surface area contributed by atoms with E-state index in [4.69, 9.17) is 0 Å². The van der Waals surface area contributed by atoms with Gasteiger partial charge in [-0.3, -0.25) is 9.59 Å². The lowest BCUT2D eigenvalue weighted by atomic mass is 10.0. The van der Waals surface area contributed by atoms with Gasteiger partial charge < -0.3 is 20.2 Å². The smallest absolute Gasteiger partial charge is 0.257 e. The SMILES string of the molecule is CC(=O)N1CCC(Nc2cc(C(=O)N3CCCC(O)C3)c(F)cn2)CC1. The van der Waals surface area contributed by atoms with E-state index in [-0.39, 0.29) is 24.1 Å². The molecule has 1 atom stereocenters. The van der Waals surface area contributed by atoms with Crippen LogP contribution in [-0.4, -0.2) is 70.0 Å². The Labute approximate surface area is 152 Å². The van der Waals surface area contributed by atoms with Gasteiger partial charge in [0.25, 0.3) is 5.91 Å². The molecular weight excluding hydrogens is 339 g/mol. The standard InChI is InChI=1S/C18H25FN4O3/c1-12(24)22-7-4-13(5-8-22)21-17-9-15(16(19)10-20-17)18(26)23-6-2-3-14(25)11-23/h9-10,13-14,25H,2-8,11H2,1H3,(H,20,21). The minimum absolute atomic E-state index is 0.0298. The summed E-state index contributed by atoms with van der Waals surface area (Å²) < 4.78 is 14.1. The van der Waals surface area contributed by atoms with Gasteiger partial charge in [0.1, 0.15) is 5.82 Å². The molecule has 2 aliphatic heterocycles. The number of hydrogen-bond acceptors (Lipinski definition) is 5. The van der Waals surface area contributed by atoms with Gasteiger partial charge in [0.15, 0.2) is 5.82 Å². The van der Waals surface area contributed by atoms with Crippen LogP contribution in [0.4, 0.5) is 10.2 Å². The van der Waals surface area contributed by atoms with Crippen molar-refractivity contribution in [2.24, 2.45) is 0 Å². The normalized spacial score (nSPS) is 21.6. The predicted octanol–water partition coefficient (Wildman–Crippen LogP) is 1.24. The molecule has 3 rings (SSSR count). The summed E-state index contributed by atoms with van der Waals surface area (Å²) in [5.41, 5.74) is -0.0298. The molecule has 2 amide bonds. The predicted molar refractivity (Wildman–Crippen MR) is 94.2 cm³/mol. The van der Waals surface area contributed by atoms with Crippen LogP contribution in [0.15, 0.2) is 12.3 Å². The number of rotatable bonds is 3. The van der Waals surface area contributed by atoms with Crippen LogP contribution in [0.5, 0.6) is 0 Å². The lowest BCUT2D eigenvalue weighted by Crippen LogP contribution is -2.42. The lowest BCUT2D eigenvalue weighted by molar-refractivity contribution is -0.129. The third-order valence-corrected chi connectivity index (χ3v) is 5.06. The molecule has 26 heavy (non-hydrogen) atoms. The van der Waals surface area contributed by atoms with Gasteiger partial charge >= 0.3 is 0 Å². The Kier molecular flexibility index (Phi) is 5.70. The molecule has 0 aromatic carbocycles. The Hall–Kier alpha value is -2.22. The average molecular weight is 364 g/mol. The lowest BCUT2D eigenvalue weighted by Gasteiger charge is -2.32. The second-order valence-electron chi connectivity index (χ2n) is 7.02. The van der Waals surface area contributed by atoms with E-state index in [2.05, 4.69) is 10.3 Å². The van der Waals surface area contributed by atoms with E-state index in [9.17, 15) is 19.1 Å². The molecule has 2 aliphatic rings. The van der Waals surface area contributed by atoms with Gasteiger partial charge in [-0.05, 0) is 31.7 Å². The number of aliphatic hydroxyl groups excluding tert-OH is 1. The van der Waals surface area contributed by atoms with E-state index in [1.165, 1.54) is 11.0 Å². The number of amides is 2. The largest absolute Gasteiger partial charge is 0.391 e. The zero-order valence-corrected chi connectivity index (χ0v) is 14.9. The highest BCUT2D eigenvalue weighted by molar-refractivity contribution is 5.95. The molecule has 142 valence electrons. The third-order valence-electron chi connectivity index (χ3n) is 5.06. The highest BCUT2D eigenvalue weighted by atomic mass is 19.1. The van der Waals surface area contributed by atoms with Gasteiger partial charge in [0.05, 0.1) is 17.9 Å². The van der Waals surface area contributed by atoms with E-state index in [1.54, 1.807) is 11.8 Å². The zero-order valence-electron chi connectivity index (χ0n) is 14.9. The number of piperidine rings is 2. The van der Waals surface area contributed by atoms with Crippen molar-refractivity contribution in [3.8, 4) is 0 Å². The fraction of sp³-hybridized carbons (Fsp3) is 0.611. The first-order valence-corrected chi connectivity index (χ1v) is 9.09. The summed E-state index contributed by atoms with van der Waals surface area (Å²) in [7, 11) is 0. The molecule has 1 aromatic rings. The number of nitrogens with one attached hydrogen (secondary N) is 1. The number of pyridine rings is 1. The van der Waals surface area contributed by atoms with E-state index < -0.39 is 17.8 Å². The first-order chi connectivity index (χ1) is 12.4. The van der Waals surface area contributed by atoms with Crippen LogP contribution in [0.25, 0.3) is 0 Å². The Bertz CT molecular complexity index is 676. The number of anilines is 1. The van der Waals surface area contributed by atoms with E-state index in [0.717, 1.165) is 19.0 Å². The molecule has 0 radical (unpaired) electrons. The van der Waals surface area contributed by atoms with Crippen LogP contribution in [0, 0.1) is 5.82 Å². The average Bonchev–Trinajstić information content (AvgIpc) is 2.63. The molecule has 3 heterocycles. The van der Waals surface area contributed by atoms with Crippen molar-refractivity contribution in [1.29, 1.82) is 0 Å². The minimum Gasteiger partial charge on any atom is -0.391 e. The molecular formula is C18H25FN4O3. The quantitative estimate of drug-likeness (QED) is 0.843. The number of carbonyl (C=O) groups excluding carboxylic acids is 2. The number of halogens is 1. The number of likely N-dealkylation sites (tertiary alicyclic amines) is 2. The van der Waals surface area contributed by atoms with Crippen molar-refractivity contribution >= 4 is 17.6 Å². The van der Waals surface area contributed by atoms with Crippen LogP contribution in [0.2, 0.25) is 0 Å². The minimum atomic E-state index is -0.660. The Balaban J connectivity index is 1.66. The number of aromatic nitrogens is 1. The van der Waals surface area contributed by atoms with E-state index >= 15 is 0 Å². The van der Waals surface area contributed by atoms with Crippen LogP contribution in [0.3, 0.4) is 0 Å². The van der Waals surface area contributed by atoms with Crippen LogP contribution < -0.4 is 5.32 Å². The fourth-order valence-corrected chi connectivity index (χ4v) is 3.54. The molecule has 1 aromatic heterocycles. The highest BCUT2D eigenvalue weighted by Gasteiger charge is 2.26. The van der Waals surface area contributed by atoms with Crippen molar-refractivity contribution in [1.82, 2.24) is 14.8 Å². The molecule has 1 unspecified atom stereocenters. The molecule has 0 saturated carbocycles. The van der Waals surface area contributed by atoms with Gasteiger partial charge in [-0.2, -0.15) is 0 Å². The molecule has 0 aliphatic carbocycles. The van der Waals surface area contributed by atoms with Gasteiger partial charge in [-0.25, -0.2) is 9.37 Å². The summed E-state index contributed by atoms with van der Waals surface area (Å²) >= 11 is 0. The van der Waals surface area contributed by atoms with Crippen LogP contribution in [0.1, 0.15) is 43.0 Å². The van der Waals surface area contributed by atoms with Crippen LogP contribution in [-0.2, 0) is 4.79 Å². The highest BCUT2D eigenvalue weighted by Crippen LogP contribution is 2.20. The van der Waals surface area contributed by atoms with Crippen molar-refractivity contribution < 1.29 is 19.1 Å². The van der Waals surface area contributed by atoms with Gasteiger partial charge in [0, 0.05) is 39.1 Å². The molecule has 7 nitrogen and oxygen atoms in total. The van der Waals surface area contributed by atoms with E-state index in [1.807, 2.05) is 0 Å². The van der Waals surface area contributed by atoms with Crippen molar-refractivity contribution in [2.75, 3.05) is 31.5 Å². The summed E-state index contributed by atoms with van der Waals surface area (Å²) in [6, 6.07) is 1.57. The van der Waals surface area contributed by atoms with Gasteiger partial charge in [0.2, 0.25) is 5.91 Å². The van der Waals surface area contributed by atoms with Crippen molar-refractivity contribution in [2.45, 2.75) is 44.8 Å². The summed E-state index contributed by atoms with van der Waals surface area (Å²) in [4.78, 5) is 31.3. The van der Waals surface area contributed by atoms with Gasteiger partial charge in [-0.15, -0.1) is 0 Å². The topological polar surface area (TPSA) is 85.8 Å². The fourth-order valence-electron chi connectivity index (χ4n) is 3.54. The maximum Gasteiger partial charge on any atom is 0.257 e. The van der Waals surface area contributed by atoms with E-state index in [0.29, 0.717) is 38.3 Å². The second-order valence-corrected chi connectivity index (χ2v) is 7.02. The Morgan fingerprint density at radius 2 is 1.96 bits per heavy atom. The maximum atomic E-state index is 14.1. The number of β-amino-alcohol motifs (C(OH)–C–C–N with tert-alkyl or cyclic N) is 1. The monoisotopic (exact) mass is 364 g/mol. The molecule has 2 saturated heterocycles. The molecule has 0 bridgehead atoms. The second kappa shape index (κ2) is 7.99. The first-order valence-electron chi connectivity index (χ1n) is 9.09. The van der Waals surface area contributed by atoms with Crippen molar-refractivity contribution in [3.05, 3.63) is 23.6 Å². The number of nitrogens with zero attached hydrogens (tertiary/aromatic N) is 3. The molecule has 2 N–H and O–H groups in total. The third kappa shape index (κ3) is 4.30. The van der Waals surface area contributed by atoms with Gasteiger partial charge in [-0.1, -0.05) is 0 Å². The first kappa shape index (κ1) is 18.6. The maximum absolute atomic E-state index is 14.1. The summed E-state index contributed by atoms with van der Waals surface area (Å²) in [5, 5.41) is 13.0. The number of aliphatic hydroxyl groups is 1. The Morgan fingerprint density at radius 3 is 2.62 bits per heavy atom. The summed E-state index contributed by atoms with van der Waals surface area (Å²) in [5.74, 6) is -0.557. The zero-order chi connectivity index (χ0) is 18.7. The molecule has 2 fully saturated rings. The summed E-state index contributed by atoms with van der Waals surface area (Å²) in [6.45, 7) is 3.65. The Morgan fingerprint density at radius 1 is 1.23 bits per heavy atom. The summed E-state index contributed by atoms with van der Waals surface area (Å²) in [6.07, 6.45) is 3.43. The number of hydrogen-bond donors (Lipinski definition) is 2. The van der Waals surface area contributed by atoms with Crippen molar-refractivity contribution in [3.63, 3.8) is 0 Å². The molecule has 8 heteroatoms. The number of carbonyl (C=O) groups is 2. The molecule has 0 spiro atoms.